The first kappa shape index (κ1) is 20.6. The molecule has 1 fully saturated rings. The number of sulfonamides is 1. The first-order valence-electron chi connectivity index (χ1n) is 9.43. The van der Waals surface area contributed by atoms with E-state index in [0.29, 0.717) is 34.6 Å². The number of rotatable bonds is 5. The molecule has 1 saturated heterocycles. The highest BCUT2D eigenvalue weighted by Crippen LogP contribution is 2.40. The van der Waals surface area contributed by atoms with Crippen LogP contribution in [0.25, 0.3) is 0 Å². The fourth-order valence-corrected chi connectivity index (χ4v) is 5.72. The second kappa shape index (κ2) is 8.22. The van der Waals surface area contributed by atoms with Gasteiger partial charge in [-0.2, -0.15) is 0 Å². The topological polar surface area (TPSA) is 67.9 Å². The largest absolute Gasteiger partial charge is 0.496 e. The third-order valence-corrected chi connectivity index (χ3v) is 7.16. The van der Waals surface area contributed by atoms with E-state index in [9.17, 15) is 8.42 Å². The Labute approximate surface area is 180 Å². The van der Waals surface area contributed by atoms with Gasteiger partial charge in [0.15, 0.2) is 0 Å². The van der Waals surface area contributed by atoms with Crippen molar-refractivity contribution in [2.75, 3.05) is 31.5 Å². The molecule has 2 aliphatic heterocycles. The molecule has 29 heavy (non-hydrogen) atoms. The summed E-state index contributed by atoms with van der Waals surface area (Å²) in [7, 11) is -2.33. The van der Waals surface area contributed by atoms with Crippen LogP contribution in [0.1, 0.15) is 18.4 Å². The van der Waals surface area contributed by atoms with E-state index < -0.39 is 10.0 Å². The van der Waals surface area contributed by atoms with Crippen molar-refractivity contribution in [1.29, 1.82) is 0 Å². The Balaban J connectivity index is 1.68. The highest BCUT2D eigenvalue weighted by atomic mass is 35.5. The molecule has 2 aromatic rings. The zero-order chi connectivity index (χ0) is 20.6. The van der Waals surface area contributed by atoms with Crippen molar-refractivity contribution >= 4 is 38.9 Å². The molecule has 2 aliphatic rings. The molecule has 0 bridgehead atoms. The van der Waals surface area contributed by atoms with E-state index in [1.165, 1.54) is 37.1 Å². The summed E-state index contributed by atoms with van der Waals surface area (Å²) >= 11 is 12.0. The maximum absolute atomic E-state index is 13.1. The van der Waals surface area contributed by atoms with Gasteiger partial charge in [0, 0.05) is 21.7 Å². The molecule has 0 aliphatic carbocycles. The molecule has 4 rings (SSSR count). The van der Waals surface area contributed by atoms with Gasteiger partial charge in [0.05, 0.1) is 12.8 Å². The van der Waals surface area contributed by atoms with E-state index in [0.717, 1.165) is 18.7 Å². The Morgan fingerprint density at radius 2 is 1.83 bits per heavy atom. The molecule has 0 amide bonds. The quantitative estimate of drug-likeness (QED) is 0.729. The number of hydrogen-bond acceptors (Lipinski definition) is 5. The first-order chi connectivity index (χ1) is 13.9. The minimum Gasteiger partial charge on any atom is -0.496 e. The average Bonchev–Trinajstić information content (AvgIpc) is 3.20. The van der Waals surface area contributed by atoms with Crippen LogP contribution in [0.2, 0.25) is 10.0 Å². The lowest BCUT2D eigenvalue weighted by Gasteiger charge is -2.33. The number of likely N-dealkylation sites (tertiary alicyclic amines) is 1. The van der Waals surface area contributed by atoms with Crippen molar-refractivity contribution in [3.05, 3.63) is 45.9 Å². The number of ether oxygens (including phenoxy) is 2. The number of nitrogens with one attached hydrogen (secondary N) is 1. The summed E-state index contributed by atoms with van der Waals surface area (Å²) in [4.78, 5) is 2.47. The highest BCUT2D eigenvalue weighted by molar-refractivity contribution is 7.92. The van der Waals surface area contributed by atoms with Crippen LogP contribution < -0.4 is 14.2 Å². The smallest absolute Gasteiger partial charge is 0.265 e. The Kier molecular flexibility index (Phi) is 5.84. The summed E-state index contributed by atoms with van der Waals surface area (Å²) in [5.41, 5.74) is 1.07. The molecule has 1 N–H and O–H groups in total. The van der Waals surface area contributed by atoms with E-state index in [-0.39, 0.29) is 16.6 Å². The number of benzene rings is 2. The Bertz CT molecular complexity index is 1000. The van der Waals surface area contributed by atoms with Gasteiger partial charge in [0.25, 0.3) is 10.0 Å². The zero-order valence-electron chi connectivity index (χ0n) is 16.0. The van der Waals surface area contributed by atoms with E-state index in [1.807, 2.05) is 0 Å². The third kappa shape index (κ3) is 4.28. The molecule has 6 nitrogen and oxygen atoms in total. The fraction of sp³-hybridized carbons (Fsp3) is 0.400. The highest BCUT2D eigenvalue weighted by Gasteiger charge is 2.33. The molecule has 0 unspecified atom stereocenters. The summed E-state index contributed by atoms with van der Waals surface area (Å²) in [6.45, 7) is 2.53. The van der Waals surface area contributed by atoms with Gasteiger partial charge < -0.3 is 9.47 Å². The fourth-order valence-electron chi connectivity index (χ4n) is 3.98. The lowest BCUT2D eigenvalue weighted by atomic mass is 10.0. The maximum atomic E-state index is 13.1. The van der Waals surface area contributed by atoms with Crippen LogP contribution in [0.3, 0.4) is 0 Å². The summed E-state index contributed by atoms with van der Waals surface area (Å²) in [5.74, 6) is 0.981. The zero-order valence-corrected chi connectivity index (χ0v) is 18.3. The van der Waals surface area contributed by atoms with Gasteiger partial charge in [-0.1, -0.05) is 23.2 Å². The van der Waals surface area contributed by atoms with Gasteiger partial charge >= 0.3 is 0 Å². The SMILES string of the molecule is COc1ccc(S(=O)(=O)Nc2cc(Cl)cc(Cl)c2)c2c1C[C@@H](N1CCCC1)CO2. The van der Waals surface area contributed by atoms with Gasteiger partial charge in [-0.05, 0) is 62.7 Å². The molecule has 2 heterocycles. The standard InChI is InChI=1S/C20H22Cl2N2O4S/c1-27-18-4-5-19(29(25,26)23-15-9-13(21)8-14(22)10-15)20-17(18)11-16(12-28-20)24-6-2-3-7-24/h4-5,8-10,16,23H,2-3,6-7,11-12H2,1H3/t16-/m1/s1. The second-order valence-electron chi connectivity index (χ2n) is 7.25. The normalized spacial score (nSPS) is 19.5. The number of hydrogen-bond donors (Lipinski definition) is 1. The van der Waals surface area contributed by atoms with Gasteiger partial charge in [0.2, 0.25) is 0 Å². The molecule has 0 spiro atoms. The van der Waals surface area contributed by atoms with Crippen LogP contribution in [0.5, 0.6) is 11.5 Å². The average molecular weight is 457 g/mol. The van der Waals surface area contributed by atoms with Crippen LogP contribution in [-0.2, 0) is 16.4 Å². The number of halogens is 2. The molecule has 2 aromatic carbocycles. The first-order valence-corrected chi connectivity index (χ1v) is 11.7. The number of anilines is 1. The Morgan fingerprint density at radius 1 is 1.14 bits per heavy atom. The number of methoxy groups -OCH3 is 1. The third-order valence-electron chi connectivity index (χ3n) is 5.32. The molecule has 0 aromatic heterocycles. The summed E-state index contributed by atoms with van der Waals surface area (Å²) < 4.78 is 40.2. The van der Waals surface area contributed by atoms with E-state index in [1.54, 1.807) is 13.2 Å². The van der Waals surface area contributed by atoms with Crippen molar-refractivity contribution < 1.29 is 17.9 Å². The molecular formula is C20H22Cl2N2O4S. The molecule has 0 radical (unpaired) electrons. The van der Waals surface area contributed by atoms with Crippen LogP contribution in [0, 0.1) is 0 Å². The maximum Gasteiger partial charge on any atom is 0.265 e. The van der Waals surface area contributed by atoms with Gasteiger partial charge in [-0.3, -0.25) is 9.62 Å². The van der Waals surface area contributed by atoms with Gasteiger partial charge in [-0.25, -0.2) is 8.42 Å². The van der Waals surface area contributed by atoms with Crippen molar-refractivity contribution in [3.63, 3.8) is 0 Å². The van der Waals surface area contributed by atoms with Crippen molar-refractivity contribution in [2.24, 2.45) is 0 Å². The Morgan fingerprint density at radius 3 is 2.48 bits per heavy atom. The lowest BCUT2D eigenvalue weighted by Crippen LogP contribution is -2.41. The summed E-state index contributed by atoms with van der Waals surface area (Å²) in [5, 5.41) is 0.688. The molecule has 0 saturated carbocycles. The number of nitrogens with zero attached hydrogens (tertiary/aromatic N) is 1. The van der Waals surface area contributed by atoms with Gasteiger partial charge in [-0.15, -0.1) is 0 Å². The molecule has 156 valence electrons. The van der Waals surface area contributed by atoms with Crippen LogP contribution in [-0.4, -0.2) is 46.2 Å². The van der Waals surface area contributed by atoms with E-state index >= 15 is 0 Å². The van der Waals surface area contributed by atoms with E-state index in [2.05, 4.69) is 9.62 Å². The predicted octanol–water partition coefficient (Wildman–Crippen LogP) is 4.20. The second-order valence-corrected chi connectivity index (χ2v) is 9.77. The lowest BCUT2D eigenvalue weighted by molar-refractivity contribution is 0.137. The minimum absolute atomic E-state index is 0.0734. The summed E-state index contributed by atoms with van der Waals surface area (Å²) in [6, 6.07) is 7.95. The van der Waals surface area contributed by atoms with Crippen molar-refractivity contribution in [2.45, 2.75) is 30.2 Å². The van der Waals surface area contributed by atoms with Crippen molar-refractivity contribution in [3.8, 4) is 11.5 Å². The predicted molar refractivity (Wildman–Crippen MR) is 114 cm³/mol. The molecular weight excluding hydrogens is 435 g/mol. The number of fused-ring (bicyclic) bond motifs is 1. The van der Waals surface area contributed by atoms with Crippen molar-refractivity contribution in [1.82, 2.24) is 4.90 Å². The van der Waals surface area contributed by atoms with Crippen LogP contribution in [0.4, 0.5) is 5.69 Å². The molecule has 9 heteroatoms. The minimum atomic E-state index is -3.91. The van der Waals surface area contributed by atoms with Crippen LogP contribution >= 0.6 is 23.2 Å². The summed E-state index contributed by atoms with van der Waals surface area (Å²) in [6.07, 6.45) is 3.05. The Hall–Kier alpha value is -1.67. The van der Waals surface area contributed by atoms with Gasteiger partial charge in [0.1, 0.15) is 23.0 Å². The monoisotopic (exact) mass is 456 g/mol. The molecule has 1 atom stereocenters. The van der Waals surface area contributed by atoms with Crippen LogP contribution in [0.15, 0.2) is 35.2 Å². The van der Waals surface area contributed by atoms with E-state index in [4.69, 9.17) is 32.7 Å².